The second kappa shape index (κ2) is 10.7. The number of hydrogen-bond acceptors (Lipinski definition) is 8. The van der Waals surface area contributed by atoms with Crippen molar-refractivity contribution in [1.82, 2.24) is 19.9 Å². The van der Waals surface area contributed by atoms with Crippen LogP contribution in [-0.4, -0.2) is 64.3 Å². The molecule has 3 rings (SSSR count). The van der Waals surface area contributed by atoms with E-state index < -0.39 is 16.8 Å². The molecule has 0 radical (unpaired) electrons. The highest BCUT2D eigenvalue weighted by Crippen LogP contribution is 2.23. The van der Waals surface area contributed by atoms with E-state index in [4.69, 9.17) is 21.1 Å². The van der Waals surface area contributed by atoms with E-state index in [1.165, 1.54) is 13.2 Å². The van der Waals surface area contributed by atoms with E-state index in [9.17, 15) is 14.4 Å². The van der Waals surface area contributed by atoms with Crippen LogP contribution < -0.4 is 10.3 Å². The van der Waals surface area contributed by atoms with Crippen LogP contribution in [0.15, 0.2) is 40.3 Å². The van der Waals surface area contributed by atoms with Gasteiger partial charge in [-0.3, -0.25) is 9.59 Å². The van der Waals surface area contributed by atoms with Gasteiger partial charge in [0.25, 0.3) is 5.56 Å². The normalized spacial score (nSPS) is 11.8. The Morgan fingerprint density at radius 3 is 2.61 bits per heavy atom. The molecule has 1 N–H and O–H groups in total. The number of amides is 1. The first-order valence-corrected chi connectivity index (χ1v) is 11.3. The number of hydrogen-bond donors (Lipinski definition) is 1. The summed E-state index contributed by atoms with van der Waals surface area (Å²) in [6, 6.07) is 8.45. The highest BCUT2D eigenvalue weighted by Gasteiger charge is 2.22. The molecule has 0 aliphatic heterocycles. The molecule has 3 aromatic rings. The Morgan fingerprint density at radius 2 is 1.94 bits per heavy atom. The molecule has 1 unspecified atom stereocenters. The summed E-state index contributed by atoms with van der Waals surface area (Å²) in [4.78, 5) is 50.2. The van der Waals surface area contributed by atoms with Crippen LogP contribution in [0.3, 0.4) is 0 Å². The first-order valence-electron chi connectivity index (χ1n) is 9.99. The van der Waals surface area contributed by atoms with Crippen molar-refractivity contribution in [2.75, 3.05) is 27.3 Å². The number of aromatic nitrogens is 3. The molecule has 0 saturated heterocycles. The number of thioether (sulfide) groups is 1. The van der Waals surface area contributed by atoms with Crippen LogP contribution >= 0.6 is 23.4 Å². The number of aryl methyl sites for hydroxylation is 1. The maximum Gasteiger partial charge on any atom is 0.338 e. The molecule has 0 saturated carbocycles. The molecular formula is C22H23ClN4O5S. The summed E-state index contributed by atoms with van der Waals surface area (Å²) in [6.45, 7) is 4.09. The van der Waals surface area contributed by atoms with Crippen molar-refractivity contribution < 1.29 is 19.1 Å². The van der Waals surface area contributed by atoms with Gasteiger partial charge < -0.3 is 19.4 Å². The van der Waals surface area contributed by atoms with Crippen molar-refractivity contribution in [2.45, 2.75) is 24.3 Å². The minimum absolute atomic E-state index is 0.0484. The molecule has 1 aromatic carbocycles. The van der Waals surface area contributed by atoms with Crippen LogP contribution in [0.4, 0.5) is 0 Å². The Balaban J connectivity index is 1.68. The summed E-state index contributed by atoms with van der Waals surface area (Å²) >= 11 is 6.95. The number of esters is 1. The third-order valence-electron chi connectivity index (χ3n) is 4.71. The fraction of sp³-hybridized carbons (Fsp3) is 0.318. The van der Waals surface area contributed by atoms with Crippen LogP contribution in [0.5, 0.6) is 5.75 Å². The predicted octanol–water partition coefficient (Wildman–Crippen LogP) is 3.08. The molecule has 174 valence electrons. The Bertz CT molecular complexity index is 1230. The lowest BCUT2D eigenvalue weighted by Gasteiger charge is -2.21. The van der Waals surface area contributed by atoms with Crippen LogP contribution in [-0.2, 0) is 9.53 Å². The van der Waals surface area contributed by atoms with Crippen LogP contribution in [0.25, 0.3) is 11.0 Å². The summed E-state index contributed by atoms with van der Waals surface area (Å²) < 4.78 is 10.4. The number of nitrogens with one attached hydrogen (secondary N) is 1. The Morgan fingerprint density at radius 1 is 1.24 bits per heavy atom. The van der Waals surface area contributed by atoms with Gasteiger partial charge in [-0.1, -0.05) is 23.4 Å². The molecule has 33 heavy (non-hydrogen) atoms. The molecule has 0 bridgehead atoms. The van der Waals surface area contributed by atoms with Crippen molar-refractivity contribution in [3.63, 3.8) is 0 Å². The fourth-order valence-electron chi connectivity index (χ4n) is 3.04. The molecular weight excluding hydrogens is 468 g/mol. The second-order valence-corrected chi connectivity index (χ2v) is 8.96. The van der Waals surface area contributed by atoms with Crippen LogP contribution in [0.1, 0.15) is 23.0 Å². The number of benzene rings is 1. The minimum atomic E-state index is -0.649. The molecule has 1 atom stereocenters. The number of methoxy groups -OCH3 is 1. The number of rotatable bonds is 8. The van der Waals surface area contributed by atoms with E-state index in [0.717, 1.165) is 11.8 Å². The third kappa shape index (κ3) is 6.02. The Labute approximate surface area is 199 Å². The van der Waals surface area contributed by atoms with Gasteiger partial charge >= 0.3 is 5.97 Å². The Kier molecular flexibility index (Phi) is 7.93. The molecule has 0 aliphatic carbocycles. The first-order chi connectivity index (χ1) is 15.7. The Hall–Kier alpha value is -3.11. The number of halogens is 1. The van der Waals surface area contributed by atoms with Gasteiger partial charge in [-0.2, -0.15) is 0 Å². The molecule has 2 heterocycles. The average Bonchev–Trinajstić information content (AvgIpc) is 2.78. The quantitative estimate of drug-likeness (QED) is 0.291. The minimum Gasteiger partial charge on any atom is -0.492 e. The van der Waals surface area contributed by atoms with Crippen molar-refractivity contribution in [3.8, 4) is 5.75 Å². The van der Waals surface area contributed by atoms with Gasteiger partial charge in [-0.25, -0.2) is 14.8 Å². The number of pyridine rings is 1. The monoisotopic (exact) mass is 490 g/mol. The number of carbonyl (C=O) groups is 2. The van der Waals surface area contributed by atoms with E-state index in [-0.39, 0.29) is 27.7 Å². The van der Waals surface area contributed by atoms with Crippen molar-refractivity contribution in [2.24, 2.45) is 0 Å². The first kappa shape index (κ1) is 24.5. The van der Waals surface area contributed by atoms with E-state index in [0.29, 0.717) is 29.6 Å². The topological polar surface area (TPSA) is 114 Å². The lowest BCUT2D eigenvalue weighted by Crippen LogP contribution is -2.36. The molecule has 0 spiro atoms. The van der Waals surface area contributed by atoms with Crippen molar-refractivity contribution in [3.05, 3.63) is 57.0 Å². The van der Waals surface area contributed by atoms with Gasteiger partial charge in [-0.15, -0.1) is 0 Å². The van der Waals surface area contributed by atoms with Gasteiger partial charge in [0, 0.05) is 17.8 Å². The lowest BCUT2D eigenvalue weighted by atomic mass is 10.1. The van der Waals surface area contributed by atoms with Crippen molar-refractivity contribution in [1.29, 1.82) is 0 Å². The highest BCUT2D eigenvalue weighted by atomic mass is 35.5. The number of nitrogens with zero attached hydrogens (tertiary/aromatic N) is 3. The zero-order valence-electron chi connectivity index (χ0n) is 18.5. The fourth-order valence-corrected chi connectivity index (χ4v) is 4.07. The average molecular weight is 491 g/mol. The van der Waals surface area contributed by atoms with E-state index in [1.54, 1.807) is 50.1 Å². The van der Waals surface area contributed by atoms with Gasteiger partial charge in [0.05, 0.1) is 29.9 Å². The van der Waals surface area contributed by atoms with Crippen molar-refractivity contribution >= 4 is 46.3 Å². The van der Waals surface area contributed by atoms with Gasteiger partial charge in [0.1, 0.15) is 12.4 Å². The highest BCUT2D eigenvalue weighted by molar-refractivity contribution is 8.00. The molecule has 2 aromatic heterocycles. The lowest BCUT2D eigenvalue weighted by molar-refractivity contribution is -0.129. The maximum absolute atomic E-state index is 12.8. The smallest absolute Gasteiger partial charge is 0.338 e. The molecule has 0 fully saturated rings. The number of H-pyrrole nitrogens is 1. The van der Waals surface area contributed by atoms with E-state index >= 15 is 0 Å². The van der Waals surface area contributed by atoms with E-state index in [1.807, 2.05) is 0 Å². The number of fused-ring (bicyclic) bond motifs is 1. The summed E-state index contributed by atoms with van der Waals surface area (Å²) in [7, 11) is 2.91. The molecule has 9 nitrogen and oxygen atoms in total. The van der Waals surface area contributed by atoms with Gasteiger partial charge in [-0.05, 0) is 44.2 Å². The zero-order chi connectivity index (χ0) is 24.1. The summed E-state index contributed by atoms with van der Waals surface area (Å²) in [5, 5.41) is 0.365. The summed E-state index contributed by atoms with van der Waals surface area (Å²) in [6.07, 6.45) is 0. The molecule has 1 amide bonds. The third-order valence-corrected chi connectivity index (χ3v) is 5.93. The van der Waals surface area contributed by atoms with Gasteiger partial charge in [0.15, 0.2) is 10.8 Å². The largest absolute Gasteiger partial charge is 0.492 e. The second-order valence-electron chi connectivity index (χ2n) is 7.19. The standard InChI is InChI=1S/C22H23ClN4O5S/c1-12-11-16(21(30)31-4)17-18(24-12)25-22(26-19(17)28)33-13(2)20(29)27(3)9-10-32-15-7-5-14(23)6-8-15/h5-8,11,13H,9-10H2,1-4H3,(H,24,25,26,28). The van der Waals surface area contributed by atoms with Crippen LogP contribution in [0, 0.1) is 6.92 Å². The van der Waals surface area contributed by atoms with Crippen LogP contribution in [0.2, 0.25) is 5.02 Å². The number of ether oxygens (including phenoxy) is 2. The SMILES string of the molecule is COC(=O)c1cc(C)nc2nc(SC(C)C(=O)N(C)CCOc3ccc(Cl)cc3)[nH]c(=O)c12. The summed E-state index contributed by atoms with van der Waals surface area (Å²) in [5.41, 5.74) is 0.196. The van der Waals surface area contributed by atoms with E-state index in [2.05, 4.69) is 15.0 Å². The number of likely N-dealkylation sites (N-methyl/N-ethyl adjacent to an activating group) is 1. The number of carbonyl (C=O) groups excluding carboxylic acids is 2. The molecule has 0 aliphatic rings. The molecule has 11 heteroatoms. The predicted molar refractivity (Wildman–Crippen MR) is 126 cm³/mol. The zero-order valence-corrected chi connectivity index (χ0v) is 20.1. The maximum atomic E-state index is 12.8. The summed E-state index contributed by atoms with van der Waals surface area (Å²) in [5.74, 6) is -0.145. The number of aromatic amines is 1. The van der Waals surface area contributed by atoms with Gasteiger partial charge in [0.2, 0.25) is 5.91 Å².